The Morgan fingerprint density at radius 3 is 1.43 bits per heavy atom. The van der Waals surface area contributed by atoms with Crippen LogP contribution in [0.1, 0.15) is 27.7 Å². The zero-order chi connectivity index (χ0) is 18.5. The second kappa shape index (κ2) is 12.5. The zero-order valence-corrected chi connectivity index (χ0v) is 14.2. The smallest absolute Gasteiger partial charge is 0.332 e. The number of aliphatic hydroxyl groups is 2. The Bertz CT molecular complexity index is 384. The maximum Gasteiger partial charge on any atom is 0.332 e. The molecule has 0 fully saturated rings. The lowest BCUT2D eigenvalue weighted by Crippen LogP contribution is -2.28. The van der Waals surface area contributed by atoms with Crippen LogP contribution in [-0.4, -0.2) is 48.6 Å². The minimum Gasteiger partial charge on any atom is -0.462 e. The highest BCUT2D eigenvalue weighted by Crippen LogP contribution is 2.16. The molecule has 0 aromatic carbocycles. The molecule has 0 rings (SSSR count). The molecule has 0 heterocycles. The van der Waals surface area contributed by atoms with Gasteiger partial charge in [0.25, 0.3) is 0 Å². The average molecular weight is 332 g/mol. The summed E-state index contributed by atoms with van der Waals surface area (Å²) in [6, 6.07) is 0. The number of allylic oxidation sites excluding steroid dienone is 2. The Morgan fingerprint density at radius 1 is 0.913 bits per heavy atom. The van der Waals surface area contributed by atoms with Gasteiger partial charge in [-0.05, 0) is 13.8 Å². The third kappa shape index (κ3) is 17.9. The molecule has 134 valence electrons. The molecule has 0 unspecified atom stereocenters. The van der Waals surface area contributed by atoms with Gasteiger partial charge < -0.3 is 31.2 Å². The largest absolute Gasteiger partial charge is 0.462 e. The topological polar surface area (TPSA) is 145 Å². The van der Waals surface area contributed by atoms with Crippen molar-refractivity contribution in [3.8, 4) is 0 Å². The lowest BCUT2D eigenvalue weighted by atomic mass is 9.96. The predicted molar refractivity (Wildman–Crippen MR) is 85.8 cm³/mol. The van der Waals surface area contributed by atoms with E-state index in [9.17, 15) is 9.59 Å². The van der Waals surface area contributed by atoms with Gasteiger partial charge >= 0.3 is 11.9 Å². The van der Waals surface area contributed by atoms with Crippen molar-refractivity contribution in [3.05, 3.63) is 23.5 Å². The van der Waals surface area contributed by atoms with Crippen molar-refractivity contribution in [2.75, 3.05) is 26.4 Å². The highest BCUT2D eigenvalue weighted by Gasteiger charge is 2.22. The van der Waals surface area contributed by atoms with Gasteiger partial charge in [-0.25, -0.2) is 9.59 Å². The van der Waals surface area contributed by atoms with E-state index in [1.54, 1.807) is 13.8 Å². The number of hydrogen-bond donors (Lipinski definition) is 4. The molecule has 0 aliphatic rings. The molecule has 8 nitrogen and oxygen atoms in total. The Labute approximate surface area is 136 Å². The van der Waals surface area contributed by atoms with Crippen LogP contribution in [0.3, 0.4) is 0 Å². The second-order valence-electron chi connectivity index (χ2n) is 5.60. The van der Waals surface area contributed by atoms with E-state index >= 15 is 0 Å². The van der Waals surface area contributed by atoms with Gasteiger partial charge in [-0.3, -0.25) is 0 Å². The zero-order valence-electron chi connectivity index (χ0n) is 14.2. The minimum absolute atomic E-state index is 0.119. The summed E-state index contributed by atoms with van der Waals surface area (Å²) in [5.41, 5.74) is 11.0. The van der Waals surface area contributed by atoms with E-state index in [4.69, 9.17) is 31.2 Å². The van der Waals surface area contributed by atoms with Crippen molar-refractivity contribution < 1.29 is 29.3 Å². The molecule has 23 heavy (non-hydrogen) atoms. The van der Waals surface area contributed by atoms with E-state index in [-0.39, 0.29) is 26.4 Å². The molecule has 8 heteroatoms. The summed E-state index contributed by atoms with van der Waals surface area (Å²) in [5, 5.41) is 15.2. The van der Waals surface area contributed by atoms with E-state index in [0.29, 0.717) is 11.4 Å². The predicted octanol–water partition coefficient (Wildman–Crippen LogP) is -0.205. The SMILES string of the molecule is C/C(N)=C/C(=O)OCC(C)(C)COC(=O)/C=C(/C)N.OCCO. The Hall–Kier alpha value is -2.06. The molecular formula is C15H28N2O6. The van der Waals surface area contributed by atoms with Crippen molar-refractivity contribution in [1.82, 2.24) is 0 Å². The standard InChI is InChI=1S/C13H22N2O4.C2H6O2/c1-9(14)5-11(16)18-7-13(3,4)8-19-12(17)6-10(2)15;3-1-2-4/h5-6H,7-8,14-15H2,1-4H3;3-4H,1-2H2/b9-5-,10-6-;. The molecule has 0 amide bonds. The average Bonchev–Trinajstić information content (AvgIpc) is 2.42. The monoisotopic (exact) mass is 332 g/mol. The maximum atomic E-state index is 11.3. The fourth-order valence-electron chi connectivity index (χ4n) is 1.03. The first-order valence-electron chi connectivity index (χ1n) is 6.97. The number of aliphatic hydroxyl groups excluding tert-OH is 2. The lowest BCUT2D eigenvalue weighted by Gasteiger charge is -2.23. The minimum atomic E-state index is -0.517. The normalized spacial score (nSPS) is 12.1. The number of rotatable bonds is 7. The summed E-state index contributed by atoms with van der Waals surface area (Å²) in [5.74, 6) is -1.03. The molecule has 0 aliphatic heterocycles. The number of esters is 2. The van der Waals surface area contributed by atoms with E-state index in [0.717, 1.165) is 0 Å². The summed E-state index contributed by atoms with van der Waals surface area (Å²) in [7, 11) is 0. The third-order valence-electron chi connectivity index (χ3n) is 2.00. The van der Waals surface area contributed by atoms with Crippen LogP contribution in [0.25, 0.3) is 0 Å². The van der Waals surface area contributed by atoms with Gasteiger partial charge in [-0.15, -0.1) is 0 Å². The Morgan fingerprint density at radius 2 is 1.22 bits per heavy atom. The quantitative estimate of drug-likeness (QED) is 0.370. The van der Waals surface area contributed by atoms with Crippen molar-refractivity contribution in [1.29, 1.82) is 0 Å². The molecule has 0 saturated heterocycles. The number of carbonyl (C=O) groups is 2. The van der Waals surface area contributed by atoms with Crippen molar-refractivity contribution >= 4 is 11.9 Å². The molecule has 0 aromatic rings. The number of nitrogens with two attached hydrogens (primary N) is 2. The molecular weight excluding hydrogens is 304 g/mol. The fraction of sp³-hybridized carbons (Fsp3) is 0.600. The van der Waals surface area contributed by atoms with Crippen LogP contribution in [-0.2, 0) is 19.1 Å². The molecule has 0 radical (unpaired) electrons. The first-order chi connectivity index (χ1) is 10.5. The number of ether oxygens (including phenoxy) is 2. The van der Waals surface area contributed by atoms with Crippen LogP contribution in [0, 0.1) is 5.41 Å². The van der Waals surface area contributed by atoms with Crippen molar-refractivity contribution in [2.45, 2.75) is 27.7 Å². The van der Waals surface area contributed by atoms with Crippen LogP contribution in [0.15, 0.2) is 23.5 Å². The summed E-state index contributed by atoms with van der Waals surface area (Å²) in [6.07, 6.45) is 2.39. The van der Waals surface area contributed by atoms with E-state index < -0.39 is 17.4 Å². The Balaban J connectivity index is 0. The summed E-state index contributed by atoms with van der Waals surface area (Å²) in [6.45, 7) is 6.80. The van der Waals surface area contributed by atoms with Gasteiger partial charge in [0.1, 0.15) is 0 Å². The van der Waals surface area contributed by atoms with E-state index in [2.05, 4.69) is 0 Å². The summed E-state index contributed by atoms with van der Waals surface area (Å²) < 4.78 is 10.0. The second-order valence-corrected chi connectivity index (χ2v) is 5.60. The van der Waals surface area contributed by atoms with Gasteiger partial charge in [-0.2, -0.15) is 0 Å². The molecule has 6 N–H and O–H groups in total. The number of carbonyl (C=O) groups excluding carboxylic acids is 2. The summed E-state index contributed by atoms with van der Waals surface area (Å²) in [4.78, 5) is 22.5. The van der Waals surface area contributed by atoms with Crippen molar-refractivity contribution in [2.24, 2.45) is 16.9 Å². The van der Waals surface area contributed by atoms with Crippen LogP contribution in [0.5, 0.6) is 0 Å². The van der Waals surface area contributed by atoms with Crippen LogP contribution in [0.2, 0.25) is 0 Å². The lowest BCUT2D eigenvalue weighted by molar-refractivity contribution is -0.146. The highest BCUT2D eigenvalue weighted by molar-refractivity contribution is 5.83. The maximum absolute atomic E-state index is 11.3. The molecule has 0 saturated carbocycles. The molecule has 0 aromatic heterocycles. The Kier molecular flexibility index (Phi) is 12.6. The van der Waals surface area contributed by atoms with Gasteiger partial charge in [0.2, 0.25) is 0 Å². The molecule has 0 atom stereocenters. The van der Waals surface area contributed by atoms with Crippen LogP contribution >= 0.6 is 0 Å². The molecule has 0 aliphatic carbocycles. The first-order valence-corrected chi connectivity index (χ1v) is 6.97. The van der Waals surface area contributed by atoms with Gasteiger partial charge in [0, 0.05) is 29.0 Å². The fourth-order valence-corrected chi connectivity index (χ4v) is 1.03. The van der Waals surface area contributed by atoms with Gasteiger partial charge in [0.15, 0.2) is 0 Å². The first kappa shape index (κ1) is 23.2. The van der Waals surface area contributed by atoms with E-state index in [1.165, 1.54) is 12.2 Å². The summed E-state index contributed by atoms with van der Waals surface area (Å²) >= 11 is 0. The van der Waals surface area contributed by atoms with Gasteiger partial charge in [-0.1, -0.05) is 13.8 Å². The number of hydrogen-bond acceptors (Lipinski definition) is 8. The van der Waals surface area contributed by atoms with Crippen molar-refractivity contribution in [3.63, 3.8) is 0 Å². The van der Waals surface area contributed by atoms with Gasteiger partial charge in [0.05, 0.1) is 26.4 Å². The highest BCUT2D eigenvalue weighted by atomic mass is 16.5. The van der Waals surface area contributed by atoms with Crippen LogP contribution < -0.4 is 11.5 Å². The molecule has 0 bridgehead atoms. The third-order valence-corrected chi connectivity index (χ3v) is 2.00. The molecule has 0 spiro atoms. The van der Waals surface area contributed by atoms with E-state index in [1.807, 2.05) is 13.8 Å². The van der Waals surface area contributed by atoms with Crippen LogP contribution in [0.4, 0.5) is 0 Å².